The highest BCUT2D eigenvalue weighted by Crippen LogP contribution is 2.55. The molecule has 8 aromatic carbocycles. The minimum Gasteiger partial charge on any atom is -0.456 e. The van der Waals surface area contributed by atoms with Crippen molar-refractivity contribution in [1.29, 1.82) is 0 Å². The molecule has 1 aromatic heterocycles. The predicted octanol–water partition coefficient (Wildman–Crippen LogP) is 14.4. The van der Waals surface area contributed by atoms with Crippen molar-refractivity contribution in [3.63, 3.8) is 0 Å². The third kappa shape index (κ3) is 5.20. The van der Waals surface area contributed by atoms with Gasteiger partial charge in [-0.2, -0.15) is 0 Å². The monoisotopic (exact) mass is 704 g/mol. The van der Waals surface area contributed by atoms with Crippen LogP contribution in [-0.4, -0.2) is 6.04 Å². The van der Waals surface area contributed by atoms with Gasteiger partial charge in [-0.25, -0.2) is 0 Å². The summed E-state index contributed by atoms with van der Waals surface area (Å²) in [5, 5.41) is 4.79. The Labute approximate surface area is 320 Å². The molecule has 2 heterocycles. The van der Waals surface area contributed by atoms with E-state index in [2.05, 4.69) is 210 Å². The van der Waals surface area contributed by atoms with Crippen LogP contribution in [0, 0.1) is 0 Å². The first-order chi connectivity index (χ1) is 27.3. The van der Waals surface area contributed by atoms with Crippen LogP contribution in [0.3, 0.4) is 0 Å². The number of allylic oxidation sites excluding steroid dienone is 2. The number of hydrogen-bond donors (Lipinski definition) is 0. The van der Waals surface area contributed by atoms with E-state index in [0.29, 0.717) is 0 Å². The van der Waals surface area contributed by atoms with Crippen LogP contribution in [0.1, 0.15) is 12.0 Å². The summed E-state index contributed by atoms with van der Waals surface area (Å²) in [5.74, 6) is 0. The highest BCUT2D eigenvalue weighted by atomic mass is 16.3. The van der Waals surface area contributed by atoms with E-state index in [-0.39, 0.29) is 6.04 Å². The van der Waals surface area contributed by atoms with E-state index >= 15 is 0 Å². The molecule has 9 aromatic rings. The highest BCUT2D eigenvalue weighted by molar-refractivity contribution is 6.19. The molecule has 0 radical (unpaired) electrons. The molecule has 3 nitrogen and oxygen atoms in total. The number of benzene rings is 8. The number of para-hydroxylation sites is 2. The summed E-state index contributed by atoms with van der Waals surface area (Å²) in [6, 6.07) is 65.6. The molecule has 1 unspecified atom stereocenters. The van der Waals surface area contributed by atoms with Crippen molar-refractivity contribution in [2.75, 3.05) is 9.80 Å². The SMILES string of the molecule is C1=CCC2C(=C1)c1c(cc3oc4ccccc4c3c1-c1ccc3ccccc3c1)N2c1ccc(N(c2ccccc2)c2ccc(-c3ccccc3)cc2)cc1. The van der Waals surface area contributed by atoms with Gasteiger partial charge < -0.3 is 14.2 Å². The molecule has 0 amide bonds. The highest BCUT2D eigenvalue weighted by Gasteiger charge is 2.39. The van der Waals surface area contributed by atoms with Crippen molar-refractivity contribution >= 4 is 66.7 Å². The van der Waals surface area contributed by atoms with E-state index in [1.165, 1.54) is 55.2 Å². The van der Waals surface area contributed by atoms with Gasteiger partial charge in [0.2, 0.25) is 0 Å². The lowest BCUT2D eigenvalue weighted by Gasteiger charge is -2.30. The normalized spacial score (nSPS) is 14.7. The Hall–Kier alpha value is -7.10. The van der Waals surface area contributed by atoms with Crippen molar-refractivity contribution < 1.29 is 4.42 Å². The van der Waals surface area contributed by atoms with Gasteiger partial charge in [0.1, 0.15) is 11.2 Å². The van der Waals surface area contributed by atoms with Gasteiger partial charge in [-0.15, -0.1) is 0 Å². The predicted molar refractivity (Wildman–Crippen MR) is 231 cm³/mol. The van der Waals surface area contributed by atoms with Gasteiger partial charge in [0.15, 0.2) is 0 Å². The fourth-order valence-electron chi connectivity index (χ4n) is 8.81. The minimum absolute atomic E-state index is 0.165. The van der Waals surface area contributed by atoms with Crippen molar-refractivity contribution in [2.45, 2.75) is 12.5 Å². The smallest absolute Gasteiger partial charge is 0.138 e. The molecule has 1 aliphatic heterocycles. The quantitative estimate of drug-likeness (QED) is 0.172. The van der Waals surface area contributed by atoms with Crippen LogP contribution in [0.5, 0.6) is 0 Å². The third-order valence-electron chi connectivity index (χ3n) is 11.3. The van der Waals surface area contributed by atoms with Crippen molar-refractivity contribution in [2.24, 2.45) is 0 Å². The van der Waals surface area contributed by atoms with Crippen molar-refractivity contribution in [1.82, 2.24) is 0 Å². The Morgan fingerprint density at radius 1 is 0.509 bits per heavy atom. The van der Waals surface area contributed by atoms with Gasteiger partial charge in [-0.1, -0.05) is 133 Å². The molecule has 0 fully saturated rings. The summed E-state index contributed by atoms with van der Waals surface area (Å²) in [6.45, 7) is 0. The van der Waals surface area contributed by atoms with Gasteiger partial charge in [0.05, 0.1) is 11.7 Å². The van der Waals surface area contributed by atoms with E-state index in [4.69, 9.17) is 4.42 Å². The van der Waals surface area contributed by atoms with Crippen LogP contribution >= 0.6 is 0 Å². The van der Waals surface area contributed by atoms with Crippen LogP contribution in [-0.2, 0) is 0 Å². The summed E-state index contributed by atoms with van der Waals surface area (Å²) in [5.41, 5.74) is 15.0. The number of nitrogens with zero attached hydrogens (tertiary/aromatic N) is 2. The van der Waals surface area contributed by atoms with E-state index in [1.807, 2.05) is 0 Å². The Morgan fingerprint density at radius 2 is 1.15 bits per heavy atom. The second-order valence-electron chi connectivity index (χ2n) is 14.5. The number of hydrogen-bond acceptors (Lipinski definition) is 3. The van der Waals surface area contributed by atoms with E-state index in [9.17, 15) is 0 Å². The molecule has 2 aliphatic rings. The molecule has 260 valence electrons. The zero-order valence-electron chi connectivity index (χ0n) is 30.1. The molecule has 0 N–H and O–H groups in total. The minimum atomic E-state index is 0.165. The van der Waals surface area contributed by atoms with Gasteiger partial charge in [-0.05, 0) is 100 Å². The van der Waals surface area contributed by atoms with Crippen LogP contribution < -0.4 is 9.80 Å². The van der Waals surface area contributed by atoms with Gasteiger partial charge in [-0.3, -0.25) is 0 Å². The molecule has 0 saturated carbocycles. The lowest BCUT2D eigenvalue weighted by molar-refractivity contribution is 0.669. The molecule has 55 heavy (non-hydrogen) atoms. The molecule has 3 heteroatoms. The third-order valence-corrected chi connectivity index (χ3v) is 11.3. The number of furan rings is 1. The fraction of sp³-hybridized carbons (Fsp3) is 0.0385. The average Bonchev–Trinajstić information content (AvgIpc) is 3.79. The van der Waals surface area contributed by atoms with E-state index < -0.39 is 0 Å². The fourth-order valence-corrected chi connectivity index (χ4v) is 8.81. The van der Waals surface area contributed by atoms with Gasteiger partial charge >= 0.3 is 0 Å². The lowest BCUT2D eigenvalue weighted by Crippen LogP contribution is -2.27. The number of rotatable bonds is 6. The maximum Gasteiger partial charge on any atom is 0.138 e. The molecule has 0 spiro atoms. The molecule has 0 bridgehead atoms. The Morgan fingerprint density at radius 3 is 1.95 bits per heavy atom. The summed E-state index contributed by atoms with van der Waals surface area (Å²) < 4.78 is 6.68. The molecule has 1 atom stereocenters. The van der Waals surface area contributed by atoms with Crippen molar-refractivity contribution in [3.8, 4) is 22.3 Å². The van der Waals surface area contributed by atoms with E-state index in [0.717, 1.165) is 45.7 Å². The first-order valence-electron chi connectivity index (χ1n) is 19.0. The van der Waals surface area contributed by atoms with Crippen molar-refractivity contribution in [3.05, 3.63) is 206 Å². The molecule has 11 rings (SSSR count). The first-order valence-corrected chi connectivity index (χ1v) is 19.0. The van der Waals surface area contributed by atoms with E-state index in [1.54, 1.807) is 0 Å². The van der Waals surface area contributed by atoms with Crippen LogP contribution in [0.25, 0.3) is 60.5 Å². The summed E-state index contributed by atoms with van der Waals surface area (Å²) in [7, 11) is 0. The Balaban J connectivity index is 1.06. The average molecular weight is 705 g/mol. The molecular formula is C52H36N2O. The standard InChI is InChI=1S/C52H36N2O/c1-3-13-35(14-4-1)37-25-27-41(28-26-37)53(40-17-5-2-6-18-40)42-29-31-43(32-30-42)54-46-21-11-9-19-44(46)51-47(54)34-49-52(45-20-10-12-22-48(45)55-49)50(51)39-24-23-36-15-7-8-16-38(36)33-39/h1-20,22-34,46H,21H2. The van der Waals surface area contributed by atoms with Crippen LogP contribution in [0.2, 0.25) is 0 Å². The largest absolute Gasteiger partial charge is 0.456 e. The first kappa shape index (κ1) is 31.4. The maximum atomic E-state index is 6.68. The lowest BCUT2D eigenvalue weighted by atomic mass is 9.87. The molecule has 0 saturated heterocycles. The summed E-state index contributed by atoms with van der Waals surface area (Å²) in [4.78, 5) is 4.87. The number of fused-ring (bicyclic) bond motifs is 7. The van der Waals surface area contributed by atoms with Crippen LogP contribution in [0.15, 0.2) is 205 Å². The van der Waals surface area contributed by atoms with Gasteiger partial charge in [0, 0.05) is 50.7 Å². The topological polar surface area (TPSA) is 19.6 Å². The summed E-state index contributed by atoms with van der Waals surface area (Å²) >= 11 is 0. The molecular weight excluding hydrogens is 669 g/mol. The summed E-state index contributed by atoms with van der Waals surface area (Å²) in [6.07, 6.45) is 7.78. The Kier molecular flexibility index (Phi) is 7.31. The number of anilines is 5. The molecule has 1 aliphatic carbocycles. The second-order valence-corrected chi connectivity index (χ2v) is 14.5. The van der Waals surface area contributed by atoms with Crippen LogP contribution in [0.4, 0.5) is 28.4 Å². The Bertz CT molecular complexity index is 2940. The van der Waals surface area contributed by atoms with Gasteiger partial charge in [0.25, 0.3) is 0 Å². The second kappa shape index (κ2) is 12.8. The maximum absolute atomic E-state index is 6.68. The zero-order valence-corrected chi connectivity index (χ0v) is 30.1. The zero-order chi connectivity index (χ0) is 36.3.